The van der Waals surface area contributed by atoms with Crippen LogP contribution in [0, 0.1) is 5.82 Å². The molecule has 0 aliphatic rings. The minimum Gasteiger partial charge on any atom is -0.505 e. The Labute approximate surface area is 183 Å². The maximum Gasteiger partial charge on any atom is 0.165 e. The lowest BCUT2D eigenvalue weighted by molar-refractivity contribution is 0.174. The predicted molar refractivity (Wildman–Crippen MR) is 121 cm³/mol. The predicted octanol–water partition coefficient (Wildman–Crippen LogP) is 4.80. The van der Waals surface area contributed by atoms with Crippen molar-refractivity contribution in [2.75, 3.05) is 19.7 Å². The molecule has 0 heterocycles. The van der Waals surface area contributed by atoms with Gasteiger partial charge in [-0.1, -0.05) is 48.5 Å². The van der Waals surface area contributed by atoms with Gasteiger partial charge in [0.15, 0.2) is 11.6 Å². The molecule has 1 atom stereocenters. The summed E-state index contributed by atoms with van der Waals surface area (Å²) in [6, 6.07) is 22.5. The molecule has 0 aliphatic carbocycles. The zero-order chi connectivity index (χ0) is 21.9. The monoisotopic (exact) mass is 423 g/mol. The largest absolute Gasteiger partial charge is 0.505 e. The van der Waals surface area contributed by atoms with Crippen LogP contribution in [0.15, 0.2) is 72.8 Å². The van der Waals surface area contributed by atoms with E-state index in [2.05, 4.69) is 29.6 Å². The number of unbranched alkanes of at least 4 members (excludes halogenated alkanes) is 1. The maximum atomic E-state index is 13.4. The lowest BCUT2D eigenvalue weighted by Gasteiger charge is -2.13. The van der Waals surface area contributed by atoms with E-state index in [4.69, 9.17) is 4.74 Å². The normalized spacial score (nSPS) is 11.9. The van der Waals surface area contributed by atoms with E-state index in [0.29, 0.717) is 25.3 Å². The average molecular weight is 424 g/mol. The van der Waals surface area contributed by atoms with Gasteiger partial charge in [-0.3, -0.25) is 0 Å². The first-order valence-corrected chi connectivity index (χ1v) is 10.7. The van der Waals surface area contributed by atoms with E-state index in [9.17, 15) is 14.6 Å². The fraction of sp³-hybridized carbons (Fsp3) is 0.308. The Morgan fingerprint density at radius 3 is 2.35 bits per heavy atom. The van der Waals surface area contributed by atoms with Crippen LogP contribution in [0.2, 0.25) is 0 Å². The molecule has 0 saturated heterocycles. The number of hydrogen-bond acceptors (Lipinski definition) is 4. The van der Waals surface area contributed by atoms with E-state index in [1.54, 1.807) is 0 Å². The first-order chi connectivity index (χ1) is 15.1. The summed E-state index contributed by atoms with van der Waals surface area (Å²) in [5, 5.41) is 22.5. The summed E-state index contributed by atoms with van der Waals surface area (Å²) in [5.41, 5.74) is 2.98. The van der Waals surface area contributed by atoms with Crippen molar-refractivity contribution in [1.82, 2.24) is 5.32 Å². The molecule has 0 fully saturated rings. The summed E-state index contributed by atoms with van der Waals surface area (Å²) in [5.74, 6) is -0.264. The lowest BCUT2D eigenvalue weighted by atomic mass is 10.1. The van der Waals surface area contributed by atoms with Crippen LogP contribution in [0.25, 0.3) is 0 Å². The Morgan fingerprint density at radius 2 is 1.61 bits per heavy atom. The summed E-state index contributed by atoms with van der Waals surface area (Å²) in [6.07, 6.45) is 3.19. The molecule has 0 amide bonds. The molecule has 3 aromatic rings. The Bertz CT molecular complexity index is 916. The standard InChI is InChI=1S/C26H30FNO3/c27-24-18-22(11-14-25(24)29)26(30)19-28-16-15-21-9-12-23(13-10-21)31-17-5-4-8-20-6-2-1-3-7-20/h1-3,6-7,9-14,18,26,28-30H,4-5,8,15-17,19H2/t26-/m0/s1. The number of nitrogens with one attached hydrogen (secondary N) is 1. The number of halogens is 1. The van der Waals surface area contributed by atoms with Crippen molar-refractivity contribution in [2.24, 2.45) is 0 Å². The highest BCUT2D eigenvalue weighted by atomic mass is 19.1. The molecule has 3 rings (SSSR count). The second-order valence-electron chi connectivity index (χ2n) is 7.62. The number of rotatable bonds is 12. The molecule has 0 aromatic heterocycles. The number of aliphatic hydroxyl groups is 1. The molecule has 4 nitrogen and oxygen atoms in total. The minimum atomic E-state index is -0.826. The van der Waals surface area contributed by atoms with Crippen molar-refractivity contribution in [3.63, 3.8) is 0 Å². The van der Waals surface area contributed by atoms with Gasteiger partial charge in [-0.15, -0.1) is 0 Å². The van der Waals surface area contributed by atoms with Gasteiger partial charge in [0.1, 0.15) is 5.75 Å². The molecule has 0 bridgehead atoms. The number of aliphatic hydroxyl groups excluding tert-OH is 1. The van der Waals surface area contributed by atoms with Crippen LogP contribution < -0.4 is 10.1 Å². The van der Waals surface area contributed by atoms with E-state index in [0.717, 1.165) is 37.5 Å². The van der Waals surface area contributed by atoms with Crippen molar-refractivity contribution in [3.05, 3.63) is 95.3 Å². The fourth-order valence-corrected chi connectivity index (χ4v) is 3.34. The molecular formula is C26H30FNO3. The van der Waals surface area contributed by atoms with Crippen LogP contribution in [-0.2, 0) is 12.8 Å². The van der Waals surface area contributed by atoms with Crippen LogP contribution in [0.5, 0.6) is 11.5 Å². The first kappa shape index (κ1) is 22.8. The van der Waals surface area contributed by atoms with Crippen molar-refractivity contribution in [3.8, 4) is 11.5 Å². The number of aromatic hydroxyl groups is 1. The van der Waals surface area contributed by atoms with Gasteiger partial charge >= 0.3 is 0 Å². The molecule has 0 saturated carbocycles. The molecule has 164 valence electrons. The zero-order valence-electron chi connectivity index (χ0n) is 17.6. The molecule has 31 heavy (non-hydrogen) atoms. The lowest BCUT2D eigenvalue weighted by Crippen LogP contribution is -2.23. The third-order valence-corrected chi connectivity index (χ3v) is 5.18. The van der Waals surface area contributed by atoms with Crippen LogP contribution in [-0.4, -0.2) is 29.9 Å². The van der Waals surface area contributed by atoms with E-state index < -0.39 is 17.7 Å². The van der Waals surface area contributed by atoms with Crippen molar-refractivity contribution < 1.29 is 19.3 Å². The maximum absolute atomic E-state index is 13.4. The summed E-state index contributed by atoms with van der Waals surface area (Å²) in [6.45, 7) is 1.72. The van der Waals surface area contributed by atoms with E-state index in [1.807, 2.05) is 30.3 Å². The summed E-state index contributed by atoms with van der Waals surface area (Å²) >= 11 is 0. The Balaban J connectivity index is 1.29. The average Bonchev–Trinajstić information content (AvgIpc) is 2.80. The van der Waals surface area contributed by atoms with Gasteiger partial charge in [-0.2, -0.15) is 0 Å². The molecule has 3 N–H and O–H groups in total. The molecule has 0 radical (unpaired) electrons. The second kappa shape index (κ2) is 12.1. The third kappa shape index (κ3) is 7.70. The zero-order valence-corrected chi connectivity index (χ0v) is 17.6. The number of phenolic OH excluding ortho intramolecular Hbond substituents is 1. The fourth-order valence-electron chi connectivity index (χ4n) is 3.34. The molecule has 0 aliphatic heterocycles. The molecule has 5 heteroatoms. The summed E-state index contributed by atoms with van der Waals surface area (Å²) in [7, 11) is 0. The highest BCUT2D eigenvalue weighted by Gasteiger charge is 2.10. The Hall–Kier alpha value is -2.89. The molecular weight excluding hydrogens is 393 g/mol. The van der Waals surface area contributed by atoms with E-state index >= 15 is 0 Å². The van der Waals surface area contributed by atoms with Gasteiger partial charge in [0.2, 0.25) is 0 Å². The number of phenols is 1. The van der Waals surface area contributed by atoms with Gasteiger partial charge in [0, 0.05) is 6.54 Å². The third-order valence-electron chi connectivity index (χ3n) is 5.18. The molecule has 3 aromatic carbocycles. The minimum absolute atomic E-state index is 0.314. The number of hydrogen-bond donors (Lipinski definition) is 3. The molecule has 0 unspecified atom stereocenters. The van der Waals surface area contributed by atoms with Crippen molar-refractivity contribution in [1.29, 1.82) is 0 Å². The van der Waals surface area contributed by atoms with Crippen molar-refractivity contribution >= 4 is 0 Å². The van der Waals surface area contributed by atoms with E-state index in [-0.39, 0.29) is 0 Å². The van der Waals surface area contributed by atoms with Crippen LogP contribution in [0.3, 0.4) is 0 Å². The SMILES string of the molecule is Oc1ccc([C@@H](O)CNCCc2ccc(OCCCCc3ccccc3)cc2)cc1F. The van der Waals surface area contributed by atoms with Gasteiger partial charge < -0.3 is 20.3 Å². The van der Waals surface area contributed by atoms with Gasteiger partial charge in [-0.05, 0) is 73.2 Å². The topological polar surface area (TPSA) is 61.7 Å². The van der Waals surface area contributed by atoms with Crippen LogP contribution in [0.4, 0.5) is 4.39 Å². The number of benzene rings is 3. The van der Waals surface area contributed by atoms with Crippen LogP contribution in [0.1, 0.15) is 35.6 Å². The summed E-state index contributed by atoms with van der Waals surface area (Å²) in [4.78, 5) is 0. The number of ether oxygens (including phenoxy) is 1. The highest BCUT2D eigenvalue weighted by Crippen LogP contribution is 2.20. The van der Waals surface area contributed by atoms with Crippen molar-refractivity contribution in [2.45, 2.75) is 31.8 Å². The smallest absolute Gasteiger partial charge is 0.165 e. The first-order valence-electron chi connectivity index (χ1n) is 10.7. The van der Waals surface area contributed by atoms with Gasteiger partial charge in [-0.25, -0.2) is 4.39 Å². The van der Waals surface area contributed by atoms with Gasteiger partial charge in [0.05, 0.1) is 12.7 Å². The van der Waals surface area contributed by atoms with Crippen LogP contribution >= 0.6 is 0 Å². The Kier molecular flexibility index (Phi) is 8.88. The Morgan fingerprint density at radius 1 is 0.871 bits per heavy atom. The quantitative estimate of drug-likeness (QED) is 0.366. The second-order valence-corrected chi connectivity index (χ2v) is 7.62. The highest BCUT2D eigenvalue weighted by molar-refractivity contribution is 5.29. The molecule has 0 spiro atoms. The summed E-state index contributed by atoms with van der Waals surface area (Å²) < 4.78 is 19.2. The number of aryl methyl sites for hydroxylation is 1. The van der Waals surface area contributed by atoms with Gasteiger partial charge in [0.25, 0.3) is 0 Å². The van der Waals surface area contributed by atoms with E-state index in [1.165, 1.54) is 23.3 Å².